The molecule has 2 heterocycles. The predicted octanol–water partition coefficient (Wildman–Crippen LogP) is 3.69. The summed E-state index contributed by atoms with van der Waals surface area (Å²) in [5.41, 5.74) is 2.58. The van der Waals surface area contributed by atoms with Crippen LogP contribution in [0.5, 0.6) is 5.75 Å². The van der Waals surface area contributed by atoms with Crippen molar-refractivity contribution in [2.24, 2.45) is 0 Å². The van der Waals surface area contributed by atoms with Gasteiger partial charge in [0.2, 0.25) is 0 Å². The molecule has 116 valence electrons. The van der Waals surface area contributed by atoms with Gasteiger partial charge in [0.05, 0.1) is 12.2 Å². The lowest BCUT2D eigenvalue weighted by Gasteiger charge is -2.33. The van der Waals surface area contributed by atoms with Gasteiger partial charge in [-0.3, -0.25) is 0 Å². The molecular weight excluding hydrogens is 260 g/mol. The molecule has 2 atom stereocenters. The number of anilines is 1. The summed E-state index contributed by atoms with van der Waals surface area (Å²) >= 11 is 0. The number of fused-ring (bicyclic) bond motifs is 1. The van der Waals surface area contributed by atoms with Crippen molar-refractivity contribution in [3.8, 4) is 5.75 Å². The fourth-order valence-electron chi connectivity index (χ4n) is 3.45. The van der Waals surface area contributed by atoms with Crippen LogP contribution in [0.2, 0.25) is 0 Å². The molecule has 1 fully saturated rings. The number of hydrogen-bond acceptors (Lipinski definition) is 3. The third kappa shape index (κ3) is 3.52. The van der Waals surface area contributed by atoms with Crippen LogP contribution in [0.4, 0.5) is 5.69 Å². The summed E-state index contributed by atoms with van der Waals surface area (Å²) < 4.78 is 5.98. The molecule has 0 radical (unpaired) electrons. The number of likely N-dealkylation sites (tertiary alicyclic amines) is 1. The third-order valence-corrected chi connectivity index (χ3v) is 4.86. The summed E-state index contributed by atoms with van der Waals surface area (Å²) in [5.74, 6) is 1.02. The Morgan fingerprint density at radius 2 is 2.10 bits per heavy atom. The van der Waals surface area contributed by atoms with Gasteiger partial charge in [0.15, 0.2) is 0 Å². The van der Waals surface area contributed by atoms with Gasteiger partial charge in [0.25, 0.3) is 0 Å². The Morgan fingerprint density at radius 3 is 2.86 bits per heavy atom. The van der Waals surface area contributed by atoms with Gasteiger partial charge in [-0.1, -0.05) is 19.4 Å². The largest absolute Gasteiger partial charge is 0.486 e. The van der Waals surface area contributed by atoms with Crippen LogP contribution in [0.15, 0.2) is 18.2 Å². The number of nitrogens with one attached hydrogen (secondary N) is 1. The van der Waals surface area contributed by atoms with E-state index in [2.05, 4.69) is 42.3 Å². The highest BCUT2D eigenvalue weighted by molar-refractivity contribution is 5.59. The first-order chi connectivity index (χ1) is 10.3. The van der Waals surface area contributed by atoms with Crippen molar-refractivity contribution in [1.29, 1.82) is 0 Å². The van der Waals surface area contributed by atoms with Crippen molar-refractivity contribution in [2.75, 3.05) is 25.0 Å². The molecule has 0 aromatic heterocycles. The van der Waals surface area contributed by atoms with E-state index in [-0.39, 0.29) is 0 Å². The summed E-state index contributed by atoms with van der Waals surface area (Å²) in [6.07, 6.45) is 6.63. The Morgan fingerprint density at radius 1 is 1.29 bits per heavy atom. The molecule has 3 nitrogen and oxygen atoms in total. The van der Waals surface area contributed by atoms with E-state index < -0.39 is 0 Å². The van der Waals surface area contributed by atoms with Crippen molar-refractivity contribution in [2.45, 2.75) is 58.1 Å². The average Bonchev–Trinajstić information content (AvgIpc) is 2.55. The van der Waals surface area contributed by atoms with Crippen LogP contribution in [0, 0.1) is 0 Å². The number of hydrogen-bond donors (Lipinski definition) is 1. The molecule has 1 aromatic rings. The van der Waals surface area contributed by atoms with Crippen LogP contribution in [-0.2, 0) is 6.42 Å². The van der Waals surface area contributed by atoms with Gasteiger partial charge in [0, 0.05) is 6.04 Å². The second kappa shape index (κ2) is 6.69. The van der Waals surface area contributed by atoms with Crippen molar-refractivity contribution < 1.29 is 4.74 Å². The van der Waals surface area contributed by atoms with E-state index >= 15 is 0 Å². The predicted molar refractivity (Wildman–Crippen MR) is 88.2 cm³/mol. The fourth-order valence-corrected chi connectivity index (χ4v) is 3.45. The second-order valence-electron chi connectivity index (χ2n) is 6.51. The molecule has 0 aliphatic carbocycles. The topological polar surface area (TPSA) is 24.5 Å². The van der Waals surface area contributed by atoms with E-state index in [1.165, 1.54) is 43.6 Å². The van der Waals surface area contributed by atoms with Gasteiger partial charge in [-0.15, -0.1) is 0 Å². The molecular formula is C18H28N2O. The molecule has 2 aliphatic heterocycles. The van der Waals surface area contributed by atoms with Crippen LogP contribution < -0.4 is 10.1 Å². The molecule has 2 aliphatic rings. The Balaban J connectivity index is 1.64. The van der Waals surface area contributed by atoms with Crippen LogP contribution in [0.25, 0.3) is 0 Å². The van der Waals surface area contributed by atoms with Crippen LogP contribution >= 0.6 is 0 Å². The number of benzene rings is 1. The maximum atomic E-state index is 5.98. The van der Waals surface area contributed by atoms with Gasteiger partial charge < -0.3 is 15.0 Å². The Bertz CT molecular complexity index is 468. The molecule has 0 bridgehead atoms. The molecule has 21 heavy (non-hydrogen) atoms. The quantitative estimate of drug-likeness (QED) is 0.914. The zero-order valence-electron chi connectivity index (χ0n) is 13.4. The first-order valence-electron chi connectivity index (χ1n) is 8.53. The number of nitrogens with zero attached hydrogens (tertiary/aromatic N) is 1. The monoisotopic (exact) mass is 288 g/mol. The van der Waals surface area contributed by atoms with Gasteiger partial charge in [-0.2, -0.15) is 0 Å². The van der Waals surface area contributed by atoms with E-state index in [4.69, 9.17) is 4.74 Å². The van der Waals surface area contributed by atoms with Crippen molar-refractivity contribution in [3.05, 3.63) is 23.8 Å². The lowest BCUT2D eigenvalue weighted by atomic mass is 10.0. The number of rotatable bonds is 4. The SMILES string of the molecule is CCC1CNc2cc(CC(C)N3CCCCC3)ccc2O1. The summed E-state index contributed by atoms with van der Waals surface area (Å²) in [5, 5.41) is 3.52. The smallest absolute Gasteiger partial charge is 0.142 e. The van der Waals surface area contributed by atoms with Crippen LogP contribution in [-0.4, -0.2) is 36.7 Å². The Hall–Kier alpha value is -1.22. The molecule has 1 saturated heterocycles. The molecule has 0 amide bonds. The lowest BCUT2D eigenvalue weighted by Crippen LogP contribution is -2.38. The number of ether oxygens (including phenoxy) is 1. The molecule has 1 N–H and O–H groups in total. The Kier molecular flexibility index (Phi) is 4.69. The number of piperidine rings is 1. The highest BCUT2D eigenvalue weighted by atomic mass is 16.5. The minimum atomic E-state index is 0.315. The first kappa shape index (κ1) is 14.7. The first-order valence-corrected chi connectivity index (χ1v) is 8.53. The van der Waals surface area contributed by atoms with Gasteiger partial charge >= 0.3 is 0 Å². The zero-order valence-corrected chi connectivity index (χ0v) is 13.4. The Labute approximate surface area is 128 Å². The van der Waals surface area contributed by atoms with Crippen molar-refractivity contribution >= 4 is 5.69 Å². The minimum Gasteiger partial charge on any atom is -0.486 e. The maximum absolute atomic E-state index is 5.98. The van der Waals surface area contributed by atoms with Crippen LogP contribution in [0.3, 0.4) is 0 Å². The summed E-state index contributed by atoms with van der Waals surface area (Å²) in [6, 6.07) is 7.29. The van der Waals surface area contributed by atoms with Gasteiger partial charge in [-0.25, -0.2) is 0 Å². The maximum Gasteiger partial charge on any atom is 0.142 e. The molecule has 0 spiro atoms. The van der Waals surface area contributed by atoms with E-state index in [1.54, 1.807) is 0 Å². The van der Waals surface area contributed by atoms with E-state index in [0.29, 0.717) is 12.1 Å². The second-order valence-corrected chi connectivity index (χ2v) is 6.51. The molecule has 3 heteroatoms. The third-order valence-electron chi connectivity index (χ3n) is 4.86. The van der Waals surface area contributed by atoms with Crippen molar-refractivity contribution in [3.63, 3.8) is 0 Å². The molecule has 3 rings (SSSR count). The molecule has 1 aromatic carbocycles. The average molecular weight is 288 g/mol. The lowest BCUT2D eigenvalue weighted by molar-refractivity contribution is 0.173. The normalized spacial score (nSPS) is 23.8. The van der Waals surface area contributed by atoms with E-state index in [0.717, 1.165) is 25.1 Å². The van der Waals surface area contributed by atoms with Gasteiger partial charge in [-0.05, 0) is 63.4 Å². The van der Waals surface area contributed by atoms with Crippen molar-refractivity contribution in [1.82, 2.24) is 4.90 Å². The van der Waals surface area contributed by atoms with Gasteiger partial charge in [0.1, 0.15) is 11.9 Å². The molecule has 2 unspecified atom stereocenters. The highest BCUT2D eigenvalue weighted by Gasteiger charge is 2.20. The summed E-state index contributed by atoms with van der Waals surface area (Å²) in [4.78, 5) is 2.64. The molecule has 0 saturated carbocycles. The standard InChI is InChI=1S/C18H28N2O/c1-3-16-13-19-17-12-15(7-8-18(17)21-16)11-14(2)20-9-5-4-6-10-20/h7-8,12,14,16,19H,3-6,9-11,13H2,1-2H3. The minimum absolute atomic E-state index is 0.315. The zero-order chi connectivity index (χ0) is 14.7. The highest BCUT2D eigenvalue weighted by Crippen LogP contribution is 2.31. The fraction of sp³-hybridized carbons (Fsp3) is 0.667. The summed E-state index contributed by atoms with van der Waals surface area (Å²) in [6.45, 7) is 8.00. The van der Waals surface area contributed by atoms with E-state index in [9.17, 15) is 0 Å². The van der Waals surface area contributed by atoms with E-state index in [1.807, 2.05) is 0 Å². The summed E-state index contributed by atoms with van der Waals surface area (Å²) in [7, 11) is 0. The van der Waals surface area contributed by atoms with Crippen LogP contribution in [0.1, 0.15) is 45.1 Å².